The van der Waals surface area contributed by atoms with E-state index in [9.17, 15) is 0 Å². The summed E-state index contributed by atoms with van der Waals surface area (Å²) in [4.78, 5) is 60.7. The minimum absolute atomic E-state index is 0.131. The molecule has 2 N–H and O–H groups in total. The number of unbranched alkanes of at least 4 members (excludes halogenated alkanes) is 10. The average Bonchev–Trinajstić information content (AvgIpc) is 3.82. The van der Waals surface area contributed by atoms with Crippen molar-refractivity contribution in [2.75, 3.05) is 23.8 Å². The molecule has 14 heteroatoms. The molecule has 0 bridgehead atoms. The minimum atomic E-state index is -1.32. The van der Waals surface area contributed by atoms with E-state index in [1.807, 2.05) is 62.4 Å². The Labute approximate surface area is 409 Å². The summed E-state index contributed by atoms with van der Waals surface area (Å²) >= 11 is 25.5. The van der Waals surface area contributed by atoms with Crippen LogP contribution in [0.15, 0.2) is 84.9 Å². The molecule has 0 radical (unpaired) electrons. The van der Waals surface area contributed by atoms with E-state index >= 15 is 19.2 Å². The number of ether oxygens (including phenoxy) is 2. The number of carbonyl (C=O) groups excluding carboxylic acids is 4. The molecule has 66 heavy (non-hydrogen) atoms. The highest BCUT2D eigenvalue weighted by atomic mass is 35.5. The summed E-state index contributed by atoms with van der Waals surface area (Å²) in [6, 6.07) is 20.2. The molecular weight excluding hydrogens is 918 g/mol. The molecule has 0 spiro atoms. The molecule has 6 atom stereocenters. The van der Waals surface area contributed by atoms with Crippen LogP contribution in [0.2, 0.25) is 20.1 Å². The number of hydrazine groups is 1. The van der Waals surface area contributed by atoms with Crippen molar-refractivity contribution in [2.45, 2.75) is 129 Å². The van der Waals surface area contributed by atoms with Gasteiger partial charge in [0.25, 0.3) is 0 Å². The lowest BCUT2D eigenvalue weighted by Gasteiger charge is -2.33. The number of amides is 2. The van der Waals surface area contributed by atoms with Gasteiger partial charge in [-0.15, -0.1) is 0 Å². The van der Waals surface area contributed by atoms with Gasteiger partial charge in [-0.05, 0) is 74.2 Å². The van der Waals surface area contributed by atoms with Crippen molar-refractivity contribution < 1.29 is 28.7 Å². The summed E-state index contributed by atoms with van der Waals surface area (Å²) in [5, 5.41) is 10.6. The van der Waals surface area contributed by atoms with Crippen molar-refractivity contribution in [3.05, 3.63) is 127 Å². The molecule has 0 aromatic heterocycles. The van der Waals surface area contributed by atoms with E-state index in [0.29, 0.717) is 45.4 Å². The van der Waals surface area contributed by atoms with E-state index in [1.54, 1.807) is 40.3 Å². The Morgan fingerprint density at radius 2 is 0.894 bits per heavy atom. The lowest BCUT2D eigenvalue weighted by atomic mass is 9.81. The van der Waals surface area contributed by atoms with Crippen LogP contribution in [0.5, 0.6) is 0 Å². The van der Waals surface area contributed by atoms with Crippen LogP contribution in [0.25, 0.3) is 0 Å². The number of anilines is 2. The number of rotatable bonds is 22. The smallest absolute Gasteiger partial charge is 0.325 e. The van der Waals surface area contributed by atoms with Gasteiger partial charge in [0, 0.05) is 11.4 Å². The van der Waals surface area contributed by atoms with Gasteiger partial charge in [0.15, 0.2) is 0 Å². The van der Waals surface area contributed by atoms with Crippen LogP contribution in [-0.4, -0.2) is 59.1 Å². The second-order valence-corrected chi connectivity index (χ2v) is 19.1. The molecule has 0 aliphatic carbocycles. The molecule has 2 amide bonds. The second-order valence-electron chi connectivity index (χ2n) is 17.5. The fourth-order valence-electron chi connectivity index (χ4n) is 9.14. The number of halogens is 4. The van der Waals surface area contributed by atoms with Gasteiger partial charge in [0.1, 0.15) is 18.0 Å². The standard InChI is InChI=1S/C52H62Cl4N4O6/c1-5-7-9-11-13-15-29-65-51(63)44-46(36-23-19-34(4)20-24-36)60-48(52(64)66-30-16-14-12-10-8-6-2)43(49(61)57-37-25-27-39(53)41(55)31-37)45(35-21-17-33(3)18-22-35)59(60)47(44)50(62)58-38-26-28-40(54)42(56)32-38/h17-28,31-32,43-48H,5-16,29-30H2,1-4H3,(H,57,61)(H,58,62)/t43-,44-,45+,46+,47+,48-/m0/s1. The molecule has 2 heterocycles. The first kappa shape index (κ1) is 51.2. The molecule has 354 valence electrons. The fourth-order valence-corrected chi connectivity index (χ4v) is 9.73. The summed E-state index contributed by atoms with van der Waals surface area (Å²) < 4.78 is 12.3. The first-order valence-corrected chi connectivity index (χ1v) is 24.9. The van der Waals surface area contributed by atoms with E-state index in [4.69, 9.17) is 55.9 Å². The maximum absolute atomic E-state index is 15.3. The van der Waals surface area contributed by atoms with Crippen LogP contribution in [0.4, 0.5) is 11.4 Å². The first-order valence-electron chi connectivity index (χ1n) is 23.4. The monoisotopic (exact) mass is 978 g/mol. The molecule has 2 aliphatic heterocycles. The van der Waals surface area contributed by atoms with E-state index in [1.165, 1.54) is 6.07 Å². The summed E-state index contributed by atoms with van der Waals surface area (Å²) in [6.45, 7) is 8.52. The van der Waals surface area contributed by atoms with Gasteiger partial charge in [-0.3, -0.25) is 19.2 Å². The number of hydrogen-bond donors (Lipinski definition) is 2. The molecule has 0 unspecified atom stereocenters. The number of fused-ring (bicyclic) bond motifs is 1. The summed E-state index contributed by atoms with van der Waals surface area (Å²) in [7, 11) is 0. The summed E-state index contributed by atoms with van der Waals surface area (Å²) in [5.41, 5.74) is 3.93. The van der Waals surface area contributed by atoms with Crippen molar-refractivity contribution in [1.82, 2.24) is 10.0 Å². The number of carbonyl (C=O) groups is 4. The molecule has 4 aromatic carbocycles. The normalized spacial score (nSPS) is 20.5. The number of nitrogens with one attached hydrogen (secondary N) is 2. The molecule has 4 aromatic rings. The second kappa shape index (κ2) is 24.7. The third-order valence-corrected chi connectivity index (χ3v) is 14.0. The highest BCUT2D eigenvalue weighted by Crippen LogP contribution is 2.56. The zero-order chi connectivity index (χ0) is 47.3. The van der Waals surface area contributed by atoms with E-state index in [-0.39, 0.29) is 23.3 Å². The van der Waals surface area contributed by atoms with Crippen LogP contribution >= 0.6 is 46.4 Å². The number of nitrogens with zero attached hydrogens (tertiary/aromatic N) is 2. The molecule has 6 rings (SSSR count). The van der Waals surface area contributed by atoms with Gasteiger partial charge in [0.2, 0.25) is 11.8 Å². The molecular formula is C52H62Cl4N4O6. The van der Waals surface area contributed by atoms with Crippen LogP contribution in [0.3, 0.4) is 0 Å². The van der Waals surface area contributed by atoms with Gasteiger partial charge in [-0.25, -0.2) is 10.0 Å². The molecule has 2 saturated heterocycles. The van der Waals surface area contributed by atoms with E-state index in [0.717, 1.165) is 75.3 Å². The number of esters is 2. The van der Waals surface area contributed by atoms with Crippen molar-refractivity contribution in [3.8, 4) is 0 Å². The van der Waals surface area contributed by atoms with Crippen molar-refractivity contribution in [2.24, 2.45) is 11.8 Å². The van der Waals surface area contributed by atoms with Crippen LogP contribution in [0, 0.1) is 25.7 Å². The zero-order valence-corrected chi connectivity index (χ0v) is 41.3. The Balaban J connectivity index is 1.52. The third-order valence-electron chi connectivity index (χ3n) is 12.5. The largest absolute Gasteiger partial charge is 0.465 e. The van der Waals surface area contributed by atoms with Gasteiger partial charge in [-0.1, -0.05) is 184 Å². The fraction of sp³-hybridized carbons (Fsp3) is 0.462. The first-order chi connectivity index (χ1) is 31.8. The minimum Gasteiger partial charge on any atom is -0.465 e. The van der Waals surface area contributed by atoms with Gasteiger partial charge in [0.05, 0.1) is 51.3 Å². The number of hydrogen-bond acceptors (Lipinski definition) is 8. The van der Waals surface area contributed by atoms with Crippen molar-refractivity contribution >= 4 is 81.5 Å². The van der Waals surface area contributed by atoms with E-state index < -0.39 is 59.8 Å². The Hall–Kier alpha value is -4.16. The Kier molecular flexibility index (Phi) is 19.2. The third kappa shape index (κ3) is 12.7. The maximum atomic E-state index is 15.3. The van der Waals surface area contributed by atoms with Gasteiger partial charge < -0.3 is 20.1 Å². The van der Waals surface area contributed by atoms with Crippen molar-refractivity contribution in [3.63, 3.8) is 0 Å². The molecule has 10 nitrogen and oxygen atoms in total. The Morgan fingerprint density at radius 3 is 1.36 bits per heavy atom. The predicted octanol–water partition coefficient (Wildman–Crippen LogP) is 13.3. The van der Waals surface area contributed by atoms with Crippen LogP contribution in [0.1, 0.15) is 125 Å². The lowest BCUT2D eigenvalue weighted by molar-refractivity contribution is -0.158. The predicted molar refractivity (Wildman–Crippen MR) is 265 cm³/mol. The van der Waals surface area contributed by atoms with E-state index in [2.05, 4.69) is 24.5 Å². The molecule has 0 saturated carbocycles. The van der Waals surface area contributed by atoms with Gasteiger partial charge in [-0.2, -0.15) is 0 Å². The summed E-state index contributed by atoms with van der Waals surface area (Å²) in [5.74, 6) is -4.72. The molecule has 2 fully saturated rings. The van der Waals surface area contributed by atoms with Gasteiger partial charge >= 0.3 is 11.9 Å². The average molecular weight is 981 g/mol. The SMILES string of the molecule is CCCCCCCCOC(=O)[C@H]1[C@@H](c2ccc(C)cc2)N2[C@H](C(=O)OCCCCCCCC)[C@@H](C(=O)Nc3ccc(Cl)c(Cl)c3)[C@@H](c3ccc(C)cc3)N2[C@H]1C(=O)Nc1ccc(Cl)c(Cl)c1. The maximum Gasteiger partial charge on any atom is 0.325 e. The number of aryl methyl sites for hydroxylation is 2. The number of benzene rings is 4. The zero-order valence-electron chi connectivity index (χ0n) is 38.3. The van der Waals surface area contributed by atoms with Crippen LogP contribution in [-0.2, 0) is 28.7 Å². The highest BCUT2D eigenvalue weighted by Gasteiger charge is 2.68. The molecule has 2 aliphatic rings. The lowest BCUT2D eigenvalue weighted by Crippen LogP contribution is -2.48. The van der Waals surface area contributed by atoms with Crippen molar-refractivity contribution in [1.29, 1.82) is 0 Å². The quantitative estimate of drug-likeness (QED) is 0.0591. The Morgan fingerprint density at radius 1 is 0.485 bits per heavy atom. The highest BCUT2D eigenvalue weighted by molar-refractivity contribution is 6.42. The summed E-state index contributed by atoms with van der Waals surface area (Å²) in [6.07, 6.45) is 11.8. The van der Waals surface area contributed by atoms with Crippen LogP contribution < -0.4 is 10.6 Å². The topological polar surface area (TPSA) is 117 Å². The Bertz CT molecular complexity index is 2280.